The normalized spacial score (nSPS) is 28.0. The number of sulfone groups is 1. The minimum atomic E-state index is -4.18. The molecule has 15 heteroatoms. The molecular weight excluding hydrogens is 395 g/mol. The number of hydrogen-bond donors (Lipinski definition) is 2. The Kier molecular flexibility index (Phi) is 5.15. The number of carbonyl (C=O) groups is 4. The second-order valence-corrected chi connectivity index (χ2v) is 8.78. The third kappa shape index (κ3) is 2.74. The van der Waals surface area contributed by atoms with Gasteiger partial charge < -0.3 is 26.3 Å². The fraction of sp³-hybridized carbons (Fsp3) is 0.500. The molecule has 0 radical (unpaired) electrons. The monoisotopic (exact) mass is 408 g/mol. The van der Waals surface area contributed by atoms with Gasteiger partial charge in [-0.1, -0.05) is 5.21 Å². The number of hydrogen-bond acceptors (Lipinski definition) is 9. The molecule has 2 saturated heterocycles. The van der Waals surface area contributed by atoms with E-state index in [4.69, 9.17) is 11.5 Å². The largest absolute Gasteiger partial charge is 1.00 e. The van der Waals surface area contributed by atoms with Gasteiger partial charge in [-0.2, -0.15) is 0 Å². The summed E-state index contributed by atoms with van der Waals surface area (Å²) in [6, 6.07) is -1.80. The number of nitrogens with zero attached hydrogens (tertiary/aromatic N) is 4. The average molecular weight is 408 g/mol. The Morgan fingerprint density at radius 3 is 2.33 bits per heavy atom. The van der Waals surface area contributed by atoms with Crippen LogP contribution in [-0.4, -0.2) is 68.2 Å². The molecule has 0 aromatic carbocycles. The fourth-order valence-electron chi connectivity index (χ4n) is 3.40. The van der Waals surface area contributed by atoms with E-state index >= 15 is 0 Å². The number of nitrogens with two attached hydrogens (primary N) is 2. The van der Waals surface area contributed by atoms with Crippen molar-refractivity contribution in [2.45, 2.75) is 36.1 Å². The third-order valence-electron chi connectivity index (χ3n) is 4.70. The van der Waals surface area contributed by atoms with Crippen molar-refractivity contribution in [1.29, 1.82) is 0 Å². The molecule has 4 N–H and O–H groups in total. The summed E-state index contributed by atoms with van der Waals surface area (Å²) in [6.07, 6.45) is -0.353. The van der Waals surface area contributed by atoms with Crippen LogP contribution in [0.4, 0.5) is 0 Å². The van der Waals surface area contributed by atoms with Gasteiger partial charge >= 0.3 is 29.6 Å². The molecular formula is C12H13N6NaO7S. The van der Waals surface area contributed by atoms with Crippen LogP contribution in [-0.2, 0) is 26.0 Å². The number of primary amides is 2. The van der Waals surface area contributed by atoms with E-state index in [1.54, 1.807) is 0 Å². The van der Waals surface area contributed by atoms with Gasteiger partial charge in [-0.25, -0.2) is 13.1 Å². The summed E-state index contributed by atoms with van der Waals surface area (Å²) in [6.45, 7) is 0.387. The first kappa shape index (κ1) is 21.3. The van der Waals surface area contributed by atoms with Crippen molar-refractivity contribution in [1.82, 2.24) is 19.9 Å². The first-order valence-electron chi connectivity index (χ1n) is 7.22. The summed E-state index contributed by atoms with van der Waals surface area (Å²) in [5.41, 5.74) is 9.10. The molecule has 2 fully saturated rings. The molecule has 2 aliphatic rings. The second kappa shape index (κ2) is 6.54. The Morgan fingerprint density at radius 2 is 1.89 bits per heavy atom. The fourth-order valence-corrected chi connectivity index (χ4v) is 5.75. The van der Waals surface area contributed by atoms with E-state index in [2.05, 4.69) is 10.3 Å². The Labute approximate surface area is 174 Å². The van der Waals surface area contributed by atoms with Gasteiger partial charge in [-0.15, -0.1) is 5.10 Å². The number of fused-ring (bicyclic) bond motifs is 1. The summed E-state index contributed by atoms with van der Waals surface area (Å²) < 4.78 is 24.2. The smallest absolute Gasteiger partial charge is 0.548 e. The zero-order valence-electron chi connectivity index (χ0n) is 14.3. The van der Waals surface area contributed by atoms with Crippen LogP contribution in [0, 0.1) is 0 Å². The minimum absolute atomic E-state index is 0. The molecule has 1 aromatic rings. The number of amides is 3. The first-order chi connectivity index (χ1) is 11.9. The van der Waals surface area contributed by atoms with Crippen molar-refractivity contribution < 1.29 is 62.3 Å². The molecule has 27 heavy (non-hydrogen) atoms. The number of carbonyl (C=O) groups excluding carboxylic acids is 4. The molecule has 1 aromatic heterocycles. The van der Waals surface area contributed by atoms with Gasteiger partial charge in [0.2, 0.25) is 5.91 Å². The van der Waals surface area contributed by atoms with E-state index in [0.29, 0.717) is 4.68 Å². The number of carboxylic acids is 1. The topological polar surface area (TPSA) is 211 Å². The predicted molar refractivity (Wildman–Crippen MR) is 78.4 cm³/mol. The van der Waals surface area contributed by atoms with Crippen LogP contribution in [0.25, 0.3) is 0 Å². The van der Waals surface area contributed by atoms with Crippen molar-refractivity contribution in [2.75, 3.05) is 0 Å². The van der Waals surface area contributed by atoms with Gasteiger partial charge in [0.25, 0.3) is 11.8 Å². The molecule has 13 nitrogen and oxygen atoms in total. The summed E-state index contributed by atoms with van der Waals surface area (Å²) in [4.78, 5) is 47.0. The van der Waals surface area contributed by atoms with E-state index in [1.165, 1.54) is 0 Å². The molecule has 0 unspecified atom stereocenters. The summed E-state index contributed by atoms with van der Waals surface area (Å²) in [5.74, 6) is -4.71. The van der Waals surface area contributed by atoms with Crippen LogP contribution >= 0.6 is 0 Å². The number of aliphatic carboxylic acids is 1. The molecule has 0 bridgehead atoms. The zero-order chi connectivity index (χ0) is 19.6. The van der Waals surface area contributed by atoms with Gasteiger partial charge in [0.05, 0.1) is 25.0 Å². The summed E-state index contributed by atoms with van der Waals surface area (Å²) >= 11 is 0. The predicted octanol–water partition coefficient (Wildman–Crippen LogP) is -7.66. The van der Waals surface area contributed by atoms with E-state index in [1.807, 2.05) is 0 Å². The molecule has 0 saturated carbocycles. The van der Waals surface area contributed by atoms with Gasteiger partial charge in [0, 0.05) is 0 Å². The van der Waals surface area contributed by atoms with Crippen LogP contribution in [0.2, 0.25) is 0 Å². The van der Waals surface area contributed by atoms with Crippen molar-refractivity contribution >= 4 is 33.5 Å². The molecule has 3 atom stereocenters. The number of aromatic nitrogens is 3. The molecule has 0 spiro atoms. The summed E-state index contributed by atoms with van der Waals surface area (Å²) in [7, 11) is -4.18. The molecule has 140 valence electrons. The van der Waals surface area contributed by atoms with E-state index in [-0.39, 0.29) is 36.0 Å². The van der Waals surface area contributed by atoms with Crippen molar-refractivity contribution in [2.24, 2.45) is 11.5 Å². The van der Waals surface area contributed by atoms with Gasteiger partial charge in [0.15, 0.2) is 21.2 Å². The maximum absolute atomic E-state index is 12.8. The SMILES string of the molecule is C[C@]1(Cn2nnc(C(N)=O)c2C(N)=O)[C@H](C(=O)[O-])N2C(=O)C[C@H]2S1(=O)=O.[Na+]. The maximum Gasteiger partial charge on any atom is 1.00 e. The molecule has 3 heterocycles. The van der Waals surface area contributed by atoms with E-state index in [0.717, 1.165) is 11.8 Å². The van der Waals surface area contributed by atoms with E-state index in [9.17, 15) is 32.7 Å². The Balaban J connectivity index is 0.00000261. The molecule has 0 aliphatic carbocycles. The molecule has 2 aliphatic heterocycles. The van der Waals surface area contributed by atoms with E-state index < -0.39 is 67.6 Å². The molecule has 3 rings (SSSR count). The molecule has 3 amide bonds. The van der Waals surface area contributed by atoms with Gasteiger partial charge in [0.1, 0.15) is 10.1 Å². The zero-order valence-corrected chi connectivity index (χ0v) is 17.1. The van der Waals surface area contributed by atoms with Gasteiger partial charge in [-0.05, 0) is 6.92 Å². The van der Waals surface area contributed by atoms with Gasteiger partial charge in [-0.3, -0.25) is 14.4 Å². The average Bonchev–Trinajstić information content (AvgIpc) is 2.97. The standard InChI is InChI=1S/C12H14N6O7S.Na/c1-12(3-17-7(10(14)21)6(9(13)20)15-16-17)8(11(22)23)18-4(19)2-5(18)26(12,24)25;/h5,8H,2-3H2,1H3,(H2,13,20)(H2,14,21)(H,22,23);/q;+1/p-1/t5-,8+,12+;/m1./s1. The Bertz CT molecular complexity index is 975. The number of β-lactam (4-membered cyclic amide) rings is 1. The Morgan fingerprint density at radius 1 is 1.30 bits per heavy atom. The van der Waals surface area contributed by atoms with Crippen LogP contribution < -0.4 is 46.1 Å². The van der Waals surface area contributed by atoms with Crippen molar-refractivity contribution in [3.8, 4) is 0 Å². The first-order valence-corrected chi connectivity index (χ1v) is 8.76. The number of rotatable bonds is 5. The third-order valence-corrected chi connectivity index (χ3v) is 7.46. The van der Waals surface area contributed by atoms with Crippen LogP contribution in [0.15, 0.2) is 0 Å². The minimum Gasteiger partial charge on any atom is -0.548 e. The van der Waals surface area contributed by atoms with Crippen LogP contribution in [0.3, 0.4) is 0 Å². The number of carboxylic acid groups (broad SMARTS) is 1. The van der Waals surface area contributed by atoms with Crippen LogP contribution in [0.1, 0.15) is 34.3 Å². The van der Waals surface area contributed by atoms with Crippen molar-refractivity contribution in [3.63, 3.8) is 0 Å². The van der Waals surface area contributed by atoms with Crippen molar-refractivity contribution in [3.05, 3.63) is 11.4 Å². The summed E-state index contributed by atoms with van der Waals surface area (Å²) in [5, 5.41) is 17.2. The Hall–Kier alpha value is -2.03. The quantitative estimate of drug-likeness (QED) is 0.349. The van der Waals surface area contributed by atoms with Crippen LogP contribution in [0.5, 0.6) is 0 Å². The second-order valence-electron chi connectivity index (χ2n) is 6.21. The maximum atomic E-state index is 12.8.